The van der Waals surface area contributed by atoms with E-state index in [-0.39, 0.29) is 0 Å². The van der Waals surface area contributed by atoms with E-state index in [0.717, 1.165) is 6.08 Å². The Morgan fingerprint density at radius 1 is 1.36 bits per heavy atom. The first-order chi connectivity index (χ1) is 6.50. The maximum atomic E-state index is 10.3. The zero-order valence-electron chi connectivity index (χ0n) is 6.80. The predicted molar refractivity (Wildman–Crippen MR) is 60.8 cm³/mol. The van der Waals surface area contributed by atoms with Crippen molar-refractivity contribution in [2.24, 2.45) is 0 Å². The topological polar surface area (TPSA) is 37.3 Å². The Morgan fingerprint density at radius 3 is 2.50 bits per heavy atom. The molecule has 0 amide bonds. The summed E-state index contributed by atoms with van der Waals surface area (Å²) in [6, 6.07) is 3.21. The molecule has 1 rings (SSSR count). The van der Waals surface area contributed by atoms with Crippen molar-refractivity contribution in [3.05, 3.63) is 38.3 Å². The lowest BCUT2D eigenvalue weighted by Gasteiger charge is -2.01. The van der Waals surface area contributed by atoms with E-state index in [4.69, 9.17) is 28.3 Å². The highest BCUT2D eigenvalue weighted by atomic mass is 79.9. The first-order valence-electron chi connectivity index (χ1n) is 3.56. The van der Waals surface area contributed by atoms with Crippen LogP contribution in [0.4, 0.5) is 0 Å². The molecular formula is C9H5BrCl2O2. The first kappa shape index (κ1) is 11.6. The summed E-state index contributed by atoms with van der Waals surface area (Å²) in [7, 11) is 0. The fraction of sp³-hybridized carbons (Fsp3) is 0. The van der Waals surface area contributed by atoms with Crippen LogP contribution in [0.25, 0.3) is 6.08 Å². The summed E-state index contributed by atoms with van der Waals surface area (Å²) in [6.45, 7) is 0. The molecule has 0 atom stereocenters. The van der Waals surface area contributed by atoms with Gasteiger partial charge in [-0.3, -0.25) is 0 Å². The Labute approximate surface area is 99.3 Å². The van der Waals surface area contributed by atoms with Crippen molar-refractivity contribution in [2.45, 2.75) is 0 Å². The highest BCUT2D eigenvalue weighted by Gasteiger charge is 2.03. The van der Waals surface area contributed by atoms with Crippen LogP contribution in [0.2, 0.25) is 10.0 Å². The molecule has 1 aromatic carbocycles. The highest BCUT2D eigenvalue weighted by molar-refractivity contribution is 9.10. The van der Waals surface area contributed by atoms with Crippen LogP contribution in [0.1, 0.15) is 5.56 Å². The summed E-state index contributed by atoms with van der Waals surface area (Å²) in [4.78, 5) is 10.3. The Hall–Kier alpha value is -0.510. The Morgan fingerprint density at radius 2 is 1.93 bits per heavy atom. The number of benzene rings is 1. The van der Waals surface area contributed by atoms with Crippen LogP contribution in [0, 0.1) is 0 Å². The normalized spacial score (nSPS) is 10.8. The second-order valence-corrected chi connectivity index (χ2v) is 4.13. The summed E-state index contributed by atoms with van der Waals surface area (Å²) < 4.78 is 0.699. The van der Waals surface area contributed by atoms with Crippen LogP contribution >= 0.6 is 39.1 Å². The molecule has 0 unspecified atom stereocenters. The molecule has 0 aliphatic rings. The summed E-state index contributed by atoms with van der Waals surface area (Å²) in [6.07, 6.45) is 2.47. The van der Waals surface area contributed by atoms with E-state index in [1.54, 1.807) is 12.1 Å². The number of carboxylic acid groups (broad SMARTS) is 1. The minimum absolute atomic E-state index is 0.389. The van der Waals surface area contributed by atoms with Gasteiger partial charge in [0, 0.05) is 10.5 Å². The second kappa shape index (κ2) is 4.82. The average molecular weight is 296 g/mol. The van der Waals surface area contributed by atoms with E-state index in [2.05, 4.69) is 15.9 Å². The van der Waals surface area contributed by atoms with Gasteiger partial charge in [-0.2, -0.15) is 0 Å². The van der Waals surface area contributed by atoms with Crippen molar-refractivity contribution in [3.63, 3.8) is 0 Å². The molecule has 74 valence electrons. The van der Waals surface area contributed by atoms with Crippen molar-refractivity contribution in [3.8, 4) is 0 Å². The van der Waals surface area contributed by atoms with Gasteiger partial charge in [0.05, 0.1) is 10.0 Å². The molecule has 1 N–H and O–H groups in total. The van der Waals surface area contributed by atoms with E-state index in [1.807, 2.05) is 0 Å². The molecule has 0 bridgehead atoms. The largest absolute Gasteiger partial charge is 0.478 e. The summed E-state index contributed by atoms with van der Waals surface area (Å²) in [5, 5.41) is 9.24. The van der Waals surface area contributed by atoms with E-state index >= 15 is 0 Å². The molecule has 0 spiro atoms. The molecule has 0 radical (unpaired) electrons. The lowest BCUT2D eigenvalue weighted by molar-refractivity contribution is -0.131. The third-order valence-corrected chi connectivity index (χ3v) is 2.85. The molecule has 1 aromatic rings. The van der Waals surface area contributed by atoms with E-state index in [9.17, 15) is 4.79 Å². The van der Waals surface area contributed by atoms with Gasteiger partial charge in [-0.15, -0.1) is 0 Å². The predicted octanol–water partition coefficient (Wildman–Crippen LogP) is 3.85. The zero-order chi connectivity index (χ0) is 10.7. The highest BCUT2D eigenvalue weighted by Crippen LogP contribution is 2.29. The molecule has 14 heavy (non-hydrogen) atoms. The molecule has 0 aliphatic carbocycles. The fourth-order valence-electron chi connectivity index (χ4n) is 0.827. The summed E-state index contributed by atoms with van der Waals surface area (Å²) >= 11 is 14.8. The number of hydrogen-bond donors (Lipinski definition) is 1. The number of hydrogen-bond acceptors (Lipinski definition) is 1. The monoisotopic (exact) mass is 294 g/mol. The Kier molecular flexibility index (Phi) is 3.98. The zero-order valence-corrected chi connectivity index (χ0v) is 9.90. The molecule has 0 saturated carbocycles. The lowest BCUT2D eigenvalue weighted by Crippen LogP contribution is -1.86. The van der Waals surface area contributed by atoms with Crippen molar-refractivity contribution >= 4 is 51.2 Å². The van der Waals surface area contributed by atoms with Crippen LogP contribution in [0.15, 0.2) is 22.7 Å². The van der Waals surface area contributed by atoms with Crippen molar-refractivity contribution < 1.29 is 9.90 Å². The van der Waals surface area contributed by atoms with Gasteiger partial charge in [-0.05, 0) is 23.8 Å². The number of carbonyl (C=O) groups is 1. The van der Waals surface area contributed by atoms with Crippen molar-refractivity contribution in [1.82, 2.24) is 0 Å². The fourth-order valence-corrected chi connectivity index (χ4v) is 1.77. The summed E-state index contributed by atoms with van der Waals surface area (Å²) in [5.74, 6) is -1.01. The van der Waals surface area contributed by atoms with Gasteiger partial charge in [0.2, 0.25) is 0 Å². The van der Waals surface area contributed by atoms with Gasteiger partial charge >= 0.3 is 5.97 Å². The SMILES string of the molecule is O=C(O)/C=C/c1cc(Cl)c(Cl)cc1Br. The molecule has 0 fully saturated rings. The number of carboxylic acids is 1. The van der Waals surface area contributed by atoms with Crippen LogP contribution in [-0.2, 0) is 4.79 Å². The van der Waals surface area contributed by atoms with Crippen molar-refractivity contribution in [2.75, 3.05) is 0 Å². The first-order valence-corrected chi connectivity index (χ1v) is 5.11. The van der Waals surface area contributed by atoms with Crippen LogP contribution in [0.3, 0.4) is 0 Å². The maximum absolute atomic E-state index is 10.3. The van der Waals surface area contributed by atoms with Gasteiger partial charge in [0.15, 0.2) is 0 Å². The Balaban J connectivity index is 3.10. The smallest absolute Gasteiger partial charge is 0.328 e. The number of halogens is 3. The van der Waals surface area contributed by atoms with Crippen LogP contribution in [0.5, 0.6) is 0 Å². The minimum Gasteiger partial charge on any atom is -0.478 e. The molecule has 0 aromatic heterocycles. The average Bonchev–Trinajstić information content (AvgIpc) is 2.09. The van der Waals surface area contributed by atoms with Gasteiger partial charge in [-0.1, -0.05) is 39.1 Å². The van der Waals surface area contributed by atoms with E-state index in [0.29, 0.717) is 20.1 Å². The van der Waals surface area contributed by atoms with E-state index < -0.39 is 5.97 Å². The van der Waals surface area contributed by atoms with Gasteiger partial charge < -0.3 is 5.11 Å². The maximum Gasteiger partial charge on any atom is 0.328 e. The second-order valence-electron chi connectivity index (χ2n) is 2.46. The Bertz CT molecular complexity index is 402. The number of rotatable bonds is 2. The van der Waals surface area contributed by atoms with E-state index in [1.165, 1.54) is 6.08 Å². The molecule has 2 nitrogen and oxygen atoms in total. The quantitative estimate of drug-likeness (QED) is 0.664. The molecule has 5 heteroatoms. The van der Waals surface area contributed by atoms with Crippen molar-refractivity contribution in [1.29, 1.82) is 0 Å². The number of aliphatic carboxylic acids is 1. The molecule has 0 saturated heterocycles. The third kappa shape index (κ3) is 3.01. The molecular weight excluding hydrogens is 291 g/mol. The van der Waals surface area contributed by atoms with Crippen LogP contribution < -0.4 is 0 Å². The van der Waals surface area contributed by atoms with Gasteiger partial charge in [-0.25, -0.2) is 4.79 Å². The minimum atomic E-state index is -1.01. The third-order valence-electron chi connectivity index (χ3n) is 1.45. The van der Waals surface area contributed by atoms with Gasteiger partial charge in [0.25, 0.3) is 0 Å². The molecule has 0 aliphatic heterocycles. The lowest BCUT2D eigenvalue weighted by atomic mass is 10.2. The summed E-state index contributed by atoms with van der Waals surface area (Å²) in [5.41, 5.74) is 0.668. The van der Waals surface area contributed by atoms with Gasteiger partial charge in [0.1, 0.15) is 0 Å². The standard InChI is InChI=1S/C9H5BrCl2O2/c10-6-4-8(12)7(11)3-5(6)1-2-9(13)14/h1-4H,(H,13,14)/b2-1+. The van der Waals surface area contributed by atoms with Crippen LogP contribution in [-0.4, -0.2) is 11.1 Å². The molecule has 0 heterocycles.